The number of amides is 1. The quantitative estimate of drug-likeness (QED) is 0.315. The largest absolute Gasteiger partial charge is 0.381 e. The molecule has 0 saturated carbocycles. The molecule has 6 heteroatoms. The van der Waals surface area contributed by atoms with Crippen molar-refractivity contribution >= 4 is 11.9 Å². The zero-order valence-corrected chi connectivity index (χ0v) is 13.3. The van der Waals surface area contributed by atoms with Crippen LogP contribution in [-0.4, -0.2) is 51.3 Å². The van der Waals surface area contributed by atoms with Crippen LogP contribution in [0.4, 0.5) is 0 Å². The zero-order chi connectivity index (χ0) is 15.2. The van der Waals surface area contributed by atoms with Crippen molar-refractivity contribution < 1.29 is 9.53 Å². The third kappa shape index (κ3) is 13.1. The highest BCUT2D eigenvalue weighted by Gasteiger charge is 1.97. The number of carbonyl (C=O) groups excluding carboxylic acids is 1. The molecule has 20 heavy (non-hydrogen) atoms. The highest BCUT2D eigenvalue weighted by atomic mass is 16.5. The molecule has 118 valence electrons. The molecular weight excluding hydrogens is 256 g/mol. The summed E-state index contributed by atoms with van der Waals surface area (Å²) >= 11 is 0. The highest BCUT2D eigenvalue weighted by molar-refractivity contribution is 5.79. The zero-order valence-electron chi connectivity index (χ0n) is 13.3. The Kier molecular flexibility index (Phi) is 11.9. The fourth-order valence-electron chi connectivity index (χ4n) is 1.44. The Balaban J connectivity index is 3.74. The summed E-state index contributed by atoms with van der Waals surface area (Å²) in [6.07, 6.45) is 0.912. The summed E-state index contributed by atoms with van der Waals surface area (Å²) < 4.78 is 5.50. The monoisotopic (exact) mass is 286 g/mol. The minimum Gasteiger partial charge on any atom is -0.381 e. The van der Waals surface area contributed by atoms with Crippen LogP contribution >= 0.6 is 0 Å². The second kappa shape index (κ2) is 12.7. The normalized spacial score (nSPS) is 11.6. The summed E-state index contributed by atoms with van der Waals surface area (Å²) in [5, 5.41) is 9.07. The molecule has 1 amide bonds. The summed E-state index contributed by atoms with van der Waals surface area (Å²) in [6.45, 7) is 12.2. The van der Waals surface area contributed by atoms with Crippen LogP contribution in [-0.2, 0) is 9.53 Å². The van der Waals surface area contributed by atoms with Crippen LogP contribution in [0, 0.1) is 5.92 Å². The van der Waals surface area contributed by atoms with Gasteiger partial charge in [-0.25, -0.2) is 0 Å². The average molecular weight is 286 g/mol. The Morgan fingerprint density at radius 3 is 2.50 bits per heavy atom. The molecule has 0 unspecified atom stereocenters. The Morgan fingerprint density at radius 1 is 1.20 bits per heavy atom. The Labute approximate surface area is 122 Å². The predicted molar refractivity (Wildman–Crippen MR) is 82.9 cm³/mol. The molecule has 0 rings (SSSR count). The number of rotatable bonds is 10. The van der Waals surface area contributed by atoms with E-state index in [1.165, 1.54) is 6.92 Å². The predicted octanol–water partition coefficient (Wildman–Crippen LogP) is 0.740. The molecule has 0 aromatic carbocycles. The molecule has 0 heterocycles. The van der Waals surface area contributed by atoms with Gasteiger partial charge in [0.05, 0.1) is 0 Å². The number of nitrogens with zero attached hydrogens (tertiary/aromatic N) is 1. The van der Waals surface area contributed by atoms with Gasteiger partial charge in [-0.2, -0.15) is 0 Å². The first-order valence-electron chi connectivity index (χ1n) is 7.40. The van der Waals surface area contributed by atoms with Crippen LogP contribution in [0.1, 0.15) is 34.1 Å². The van der Waals surface area contributed by atoms with E-state index in [2.05, 4.69) is 34.8 Å². The Hall–Kier alpha value is -1.30. The SMILES string of the molecule is CCNC(=NCCCOCC(C)C)NCCNC(C)=O. The topological polar surface area (TPSA) is 74.8 Å². The number of nitrogens with one attached hydrogen (secondary N) is 3. The molecule has 3 N–H and O–H groups in total. The molecule has 0 saturated heterocycles. The number of ether oxygens (including phenoxy) is 1. The fraction of sp³-hybridized carbons (Fsp3) is 0.857. The molecule has 0 atom stereocenters. The van der Waals surface area contributed by atoms with Gasteiger partial charge in [-0.15, -0.1) is 0 Å². The Bertz CT molecular complexity index is 280. The Morgan fingerprint density at radius 2 is 1.90 bits per heavy atom. The number of carbonyl (C=O) groups is 1. The maximum atomic E-state index is 10.7. The minimum atomic E-state index is -0.0176. The minimum absolute atomic E-state index is 0.0176. The lowest BCUT2D eigenvalue weighted by Crippen LogP contribution is -2.41. The van der Waals surface area contributed by atoms with Gasteiger partial charge in [0.25, 0.3) is 0 Å². The van der Waals surface area contributed by atoms with Gasteiger partial charge in [0.15, 0.2) is 5.96 Å². The lowest BCUT2D eigenvalue weighted by molar-refractivity contribution is -0.118. The third-order valence-corrected chi connectivity index (χ3v) is 2.30. The number of hydrogen-bond acceptors (Lipinski definition) is 3. The van der Waals surface area contributed by atoms with Crippen molar-refractivity contribution in [3.8, 4) is 0 Å². The van der Waals surface area contributed by atoms with Crippen molar-refractivity contribution in [1.29, 1.82) is 0 Å². The standard InChI is InChI=1S/C14H30N4O2/c1-5-15-14(18-9-8-16-13(4)19)17-7-6-10-20-11-12(2)3/h12H,5-11H2,1-4H3,(H,16,19)(H2,15,17,18). The number of aliphatic imine (C=N–C) groups is 1. The second-order valence-corrected chi connectivity index (χ2v) is 4.99. The molecule has 0 aliphatic rings. The van der Waals surface area contributed by atoms with Crippen LogP contribution in [0.3, 0.4) is 0 Å². The summed E-state index contributed by atoms with van der Waals surface area (Å²) in [5.74, 6) is 1.34. The van der Waals surface area contributed by atoms with E-state index < -0.39 is 0 Å². The maximum absolute atomic E-state index is 10.7. The number of guanidine groups is 1. The first-order valence-corrected chi connectivity index (χ1v) is 7.40. The lowest BCUT2D eigenvalue weighted by atomic mass is 10.2. The summed E-state index contributed by atoms with van der Waals surface area (Å²) in [7, 11) is 0. The molecule has 0 radical (unpaired) electrons. The van der Waals surface area contributed by atoms with E-state index in [4.69, 9.17) is 4.74 Å². The van der Waals surface area contributed by atoms with Crippen molar-refractivity contribution in [3.63, 3.8) is 0 Å². The molecule has 0 aliphatic heterocycles. The van der Waals surface area contributed by atoms with Crippen molar-refractivity contribution in [3.05, 3.63) is 0 Å². The smallest absolute Gasteiger partial charge is 0.216 e. The van der Waals surface area contributed by atoms with Crippen LogP contribution in [0.15, 0.2) is 4.99 Å². The second-order valence-electron chi connectivity index (χ2n) is 4.99. The van der Waals surface area contributed by atoms with E-state index in [1.807, 2.05) is 6.92 Å². The van der Waals surface area contributed by atoms with E-state index in [0.29, 0.717) is 19.0 Å². The summed E-state index contributed by atoms with van der Waals surface area (Å²) in [5.41, 5.74) is 0. The van der Waals surface area contributed by atoms with Gasteiger partial charge in [0.1, 0.15) is 0 Å². The van der Waals surface area contributed by atoms with Gasteiger partial charge in [-0.3, -0.25) is 9.79 Å². The summed E-state index contributed by atoms with van der Waals surface area (Å²) in [4.78, 5) is 15.2. The van der Waals surface area contributed by atoms with Gasteiger partial charge in [-0.05, 0) is 19.3 Å². The lowest BCUT2D eigenvalue weighted by Gasteiger charge is -2.11. The van der Waals surface area contributed by atoms with Gasteiger partial charge in [0.2, 0.25) is 5.91 Å². The third-order valence-electron chi connectivity index (χ3n) is 2.30. The van der Waals surface area contributed by atoms with Crippen molar-refractivity contribution in [2.45, 2.75) is 34.1 Å². The van der Waals surface area contributed by atoms with Gasteiger partial charge >= 0.3 is 0 Å². The average Bonchev–Trinajstić information content (AvgIpc) is 2.37. The van der Waals surface area contributed by atoms with Crippen molar-refractivity contribution in [2.24, 2.45) is 10.9 Å². The van der Waals surface area contributed by atoms with Crippen molar-refractivity contribution in [1.82, 2.24) is 16.0 Å². The van der Waals surface area contributed by atoms with Crippen LogP contribution in [0.5, 0.6) is 0 Å². The maximum Gasteiger partial charge on any atom is 0.216 e. The van der Waals surface area contributed by atoms with Crippen LogP contribution < -0.4 is 16.0 Å². The van der Waals surface area contributed by atoms with E-state index >= 15 is 0 Å². The van der Waals surface area contributed by atoms with E-state index in [0.717, 1.165) is 38.7 Å². The van der Waals surface area contributed by atoms with Gasteiger partial charge in [-0.1, -0.05) is 13.8 Å². The van der Waals surface area contributed by atoms with Crippen LogP contribution in [0.2, 0.25) is 0 Å². The first-order chi connectivity index (χ1) is 9.56. The molecule has 0 fully saturated rings. The van der Waals surface area contributed by atoms with Gasteiger partial charge < -0.3 is 20.7 Å². The van der Waals surface area contributed by atoms with Crippen molar-refractivity contribution in [2.75, 3.05) is 39.4 Å². The molecule has 0 aromatic heterocycles. The summed E-state index contributed by atoms with van der Waals surface area (Å²) in [6, 6.07) is 0. The van der Waals surface area contributed by atoms with E-state index in [1.54, 1.807) is 0 Å². The number of hydrogen-bond donors (Lipinski definition) is 3. The van der Waals surface area contributed by atoms with E-state index in [-0.39, 0.29) is 5.91 Å². The molecule has 0 aliphatic carbocycles. The van der Waals surface area contributed by atoms with Gasteiger partial charge in [0, 0.05) is 46.3 Å². The molecule has 6 nitrogen and oxygen atoms in total. The van der Waals surface area contributed by atoms with E-state index in [9.17, 15) is 4.79 Å². The highest BCUT2D eigenvalue weighted by Crippen LogP contribution is 1.93. The first kappa shape index (κ1) is 18.7. The fourth-order valence-corrected chi connectivity index (χ4v) is 1.44. The van der Waals surface area contributed by atoms with Crippen LogP contribution in [0.25, 0.3) is 0 Å². The molecular formula is C14H30N4O2. The molecule has 0 spiro atoms. The molecule has 0 aromatic rings. The molecule has 0 bridgehead atoms.